The minimum Gasteiger partial charge on any atom is -0.478 e. The molecule has 0 atom stereocenters. The summed E-state index contributed by atoms with van der Waals surface area (Å²) in [6, 6.07) is 5.48. The number of carbonyl (C=O) groups is 4. The number of carbonyl (C=O) groups excluding carboxylic acids is 2. The lowest BCUT2D eigenvalue weighted by atomic mass is 10.1. The molecule has 0 unspecified atom stereocenters. The molecule has 0 fully saturated rings. The maximum absolute atomic E-state index is 10.5. The zero-order valence-corrected chi connectivity index (χ0v) is 12.0. The lowest BCUT2D eigenvalue weighted by molar-refractivity contribution is -0.119. The fourth-order valence-electron chi connectivity index (χ4n) is 0.856. The van der Waals surface area contributed by atoms with Crippen molar-refractivity contribution in [2.24, 2.45) is 11.7 Å². The molecule has 2 amide bonds. The minimum atomic E-state index is -1.23. The molecule has 0 aliphatic carbocycles. The fourth-order valence-corrected chi connectivity index (χ4v) is 0.856. The molecule has 0 spiro atoms. The molecule has 1 rings (SSSR count). The van der Waals surface area contributed by atoms with Crippen LogP contribution < -0.4 is 22.5 Å². The van der Waals surface area contributed by atoms with Gasteiger partial charge in [-0.05, 0) is 12.1 Å². The van der Waals surface area contributed by atoms with E-state index in [0.29, 0.717) is 0 Å². The molecular weight excluding hydrogens is 296 g/mol. The number of hydrogen-bond donors (Lipinski definition) is 6. The molecule has 122 valence electrons. The fraction of sp³-hybridized carbons (Fsp3) is 0.167. The van der Waals surface area contributed by atoms with E-state index < -0.39 is 11.9 Å². The summed E-state index contributed by atoms with van der Waals surface area (Å²) >= 11 is 0. The van der Waals surface area contributed by atoms with Crippen LogP contribution in [0.15, 0.2) is 24.3 Å². The summed E-state index contributed by atoms with van der Waals surface area (Å²) in [6.07, 6.45) is 0. The summed E-state index contributed by atoms with van der Waals surface area (Å²) in [6.45, 7) is 2.69. The molecule has 22 heavy (non-hydrogen) atoms. The van der Waals surface area contributed by atoms with Crippen LogP contribution in [-0.4, -0.2) is 34.0 Å². The van der Waals surface area contributed by atoms with Gasteiger partial charge in [-0.25, -0.2) is 21.3 Å². The Balaban J connectivity index is 0. The van der Waals surface area contributed by atoms with Crippen LogP contribution in [0.25, 0.3) is 0 Å². The number of rotatable bonds is 2. The number of benzene rings is 1. The van der Waals surface area contributed by atoms with Gasteiger partial charge in [0.2, 0.25) is 11.8 Å². The van der Waals surface area contributed by atoms with E-state index in [1.54, 1.807) is 0 Å². The molecule has 0 radical (unpaired) electrons. The van der Waals surface area contributed by atoms with Gasteiger partial charge in [0.15, 0.2) is 0 Å². The average molecular weight is 314 g/mol. The van der Waals surface area contributed by atoms with E-state index in [-0.39, 0.29) is 22.9 Å². The summed E-state index contributed by atoms with van der Waals surface area (Å²) in [5.74, 6) is 6.25. The van der Waals surface area contributed by atoms with Gasteiger partial charge in [0.1, 0.15) is 0 Å². The molecule has 0 aromatic heterocycles. The second kappa shape index (κ2) is 11.8. The van der Waals surface area contributed by atoms with Crippen LogP contribution in [0.2, 0.25) is 0 Å². The molecule has 1 aromatic rings. The normalized spacial score (nSPS) is 8.18. The maximum Gasteiger partial charge on any atom is 0.336 e. The number of carboxylic acid groups (broad SMARTS) is 2. The lowest BCUT2D eigenvalue weighted by Gasteiger charge is -1.98. The summed E-state index contributed by atoms with van der Waals surface area (Å²) in [7, 11) is 0. The first-order valence-corrected chi connectivity index (χ1v) is 5.67. The van der Waals surface area contributed by atoms with Crippen LogP contribution in [0.1, 0.15) is 34.6 Å². The van der Waals surface area contributed by atoms with Crippen molar-refractivity contribution in [1.82, 2.24) is 10.9 Å². The molecule has 1 aromatic carbocycles. The summed E-state index contributed by atoms with van der Waals surface area (Å²) in [5, 5.41) is 17.1. The smallest absolute Gasteiger partial charge is 0.336 e. The van der Waals surface area contributed by atoms with Gasteiger partial charge in [-0.2, -0.15) is 0 Å². The van der Waals surface area contributed by atoms with Crippen molar-refractivity contribution in [3.8, 4) is 0 Å². The van der Waals surface area contributed by atoms with Crippen molar-refractivity contribution in [2.75, 3.05) is 0 Å². The van der Waals surface area contributed by atoms with Gasteiger partial charge in [0.05, 0.1) is 11.1 Å². The van der Waals surface area contributed by atoms with Crippen molar-refractivity contribution in [3.63, 3.8) is 0 Å². The van der Waals surface area contributed by atoms with E-state index in [1.165, 1.54) is 38.1 Å². The standard InChI is InChI=1S/C8H6O4.2C2H6N2O/c9-7(10)5-3-1-2-4-6(5)8(11)12;2*1-2(5)4-3/h1-4H,(H,9,10)(H,11,12);2*3H2,1H3,(H,4,5). The first-order valence-electron chi connectivity index (χ1n) is 5.67. The van der Waals surface area contributed by atoms with Crippen LogP contribution >= 0.6 is 0 Å². The summed E-state index contributed by atoms with van der Waals surface area (Å²) < 4.78 is 0. The Labute approximate surface area is 126 Å². The molecule has 0 saturated carbocycles. The van der Waals surface area contributed by atoms with Crippen molar-refractivity contribution in [1.29, 1.82) is 0 Å². The Morgan fingerprint density at radius 1 is 0.818 bits per heavy atom. The van der Waals surface area contributed by atoms with E-state index in [9.17, 15) is 19.2 Å². The first kappa shape index (κ1) is 21.3. The Bertz CT molecular complexity index is 485. The third-order valence-corrected chi connectivity index (χ3v) is 1.79. The highest BCUT2D eigenvalue weighted by Gasteiger charge is 2.13. The molecule has 8 N–H and O–H groups in total. The predicted octanol–water partition coefficient (Wildman–Crippen LogP) is -0.925. The monoisotopic (exact) mass is 314 g/mol. The number of aromatic carboxylic acids is 2. The zero-order chi connectivity index (χ0) is 17.7. The number of hydrogen-bond acceptors (Lipinski definition) is 6. The van der Waals surface area contributed by atoms with Gasteiger partial charge in [-0.15, -0.1) is 0 Å². The molecular formula is C12H18N4O6. The van der Waals surface area contributed by atoms with Gasteiger partial charge in [0.25, 0.3) is 0 Å². The van der Waals surface area contributed by atoms with E-state index in [1.807, 2.05) is 10.9 Å². The SMILES string of the molecule is CC(=O)NN.CC(=O)NN.O=C(O)c1ccccc1C(=O)O. The highest BCUT2D eigenvalue weighted by Crippen LogP contribution is 2.07. The summed E-state index contributed by atoms with van der Waals surface area (Å²) in [5.41, 5.74) is 3.40. The Morgan fingerprint density at radius 2 is 1.05 bits per heavy atom. The van der Waals surface area contributed by atoms with Crippen molar-refractivity contribution in [2.45, 2.75) is 13.8 Å². The molecule has 0 heterocycles. The quantitative estimate of drug-likeness (QED) is 0.230. The third kappa shape index (κ3) is 10.9. The number of nitrogens with one attached hydrogen (secondary N) is 2. The number of carboxylic acids is 2. The Morgan fingerprint density at radius 3 is 1.18 bits per heavy atom. The second-order valence-corrected chi connectivity index (χ2v) is 3.56. The average Bonchev–Trinajstić information content (AvgIpc) is 2.48. The van der Waals surface area contributed by atoms with E-state index in [4.69, 9.17) is 10.2 Å². The largest absolute Gasteiger partial charge is 0.478 e. The van der Waals surface area contributed by atoms with Gasteiger partial charge in [-0.3, -0.25) is 20.4 Å². The van der Waals surface area contributed by atoms with E-state index >= 15 is 0 Å². The molecule has 0 aliphatic heterocycles. The van der Waals surface area contributed by atoms with Crippen LogP contribution in [0.5, 0.6) is 0 Å². The van der Waals surface area contributed by atoms with Crippen molar-refractivity contribution in [3.05, 3.63) is 35.4 Å². The first-order chi connectivity index (χ1) is 10.2. The molecule has 0 aliphatic rings. The highest BCUT2D eigenvalue weighted by molar-refractivity contribution is 6.01. The van der Waals surface area contributed by atoms with Crippen LogP contribution in [-0.2, 0) is 9.59 Å². The van der Waals surface area contributed by atoms with Crippen molar-refractivity contribution < 1.29 is 29.4 Å². The van der Waals surface area contributed by atoms with Crippen LogP contribution in [0.3, 0.4) is 0 Å². The van der Waals surface area contributed by atoms with Gasteiger partial charge >= 0.3 is 11.9 Å². The van der Waals surface area contributed by atoms with Crippen LogP contribution in [0.4, 0.5) is 0 Å². The maximum atomic E-state index is 10.5. The van der Waals surface area contributed by atoms with Crippen molar-refractivity contribution >= 4 is 23.8 Å². The molecule has 0 bridgehead atoms. The summed E-state index contributed by atoms with van der Waals surface area (Å²) in [4.78, 5) is 40.1. The number of amides is 2. The van der Waals surface area contributed by atoms with Gasteiger partial charge in [-0.1, -0.05) is 12.1 Å². The Hall–Kier alpha value is -2.98. The Kier molecular flexibility index (Phi) is 11.4. The molecule has 0 saturated heterocycles. The minimum absolute atomic E-state index is 0.190. The number of nitrogens with two attached hydrogens (primary N) is 2. The lowest BCUT2D eigenvalue weighted by Crippen LogP contribution is -2.26. The van der Waals surface area contributed by atoms with Gasteiger partial charge in [0, 0.05) is 13.8 Å². The van der Waals surface area contributed by atoms with Crippen LogP contribution in [0, 0.1) is 0 Å². The second-order valence-electron chi connectivity index (χ2n) is 3.56. The van der Waals surface area contributed by atoms with E-state index in [0.717, 1.165) is 0 Å². The predicted molar refractivity (Wildman–Crippen MR) is 76.4 cm³/mol. The third-order valence-electron chi connectivity index (χ3n) is 1.79. The zero-order valence-electron chi connectivity index (χ0n) is 12.0. The number of hydrazine groups is 2. The molecule has 10 heteroatoms. The highest BCUT2D eigenvalue weighted by atomic mass is 16.4. The van der Waals surface area contributed by atoms with Gasteiger partial charge < -0.3 is 10.2 Å². The van der Waals surface area contributed by atoms with E-state index in [2.05, 4.69) is 11.7 Å². The topological polar surface area (TPSA) is 185 Å². The molecule has 10 nitrogen and oxygen atoms in total.